The first kappa shape index (κ1) is 17.0. The summed E-state index contributed by atoms with van der Waals surface area (Å²) in [4.78, 5) is 29.0. The molecule has 1 unspecified atom stereocenters. The van der Waals surface area contributed by atoms with Gasteiger partial charge in [0.15, 0.2) is 0 Å². The maximum atomic E-state index is 12.3. The molecule has 122 valence electrons. The number of aliphatic carboxylic acids is 1. The highest BCUT2D eigenvalue weighted by Gasteiger charge is 2.27. The van der Waals surface area contributed by atoms with Gasteiger partial charge in [-0.25, -0.2) is 14.6 Å². The number of nitrogens with zero attached hydrogens (tertiary/aromatic N) is 2. The van der Waals surface area contributed by atoms with Crippen molar-refractivity contribution < 1.29 is 19.4 Å². The number of aromatic nitrogens is 1. The molecule has 0 fully saturated rings. The Morgan fingerprint density at radius 1 is 1.35 bits per heavy atom. The van der Waals surface area contributed by atoms with Crippen LogP contribution in [0.5, 0.6) is 0 Å². The van der Waals surface area contributed by atoms with Gasteiger partial charge in [0.2, 0.25) is 0 Å². The van der Waals surface area contributed by atoms with Gasteiger partial charge in [0.05, 0.1) is 17.2 Å². The van der Waals surface area contributed by atoms with Gasteiger partial charge in [-0.15, -0.1) is 11.3 Å². The van der Waals surface area contributed by atoms with E-state index in [1.807, 2.05) is 37.3 Å². The Kier molecular flexibility index (Phi) is 5.70. The summed E-state index contributed by atoms with van der Waals surface area (Å²) in [6.45, 7) is 3.50. The lowest BCUT2D eigenvalue weighted by Gasteiger charge is -2.25. The average Bonchev–Trinajstić information content (AvgIpc) is 2.95. The predicted molar refractivity (Wildman–Crippen MR) is 86.1 cm³/mol. The summed E-state index contributed by atoms with van der Waals surface area (Å²) in [7, 11) is 0. The summed E-state index contributed by atoms with van der Waals surface area (Å²) < 4.78 is 5.24. The molecule has 7 heteroatoms. The highest BCUT2D eigenvalue weighted by atomic mass is 32.1. The molecule has 0 aliphatic heterocycles. The van der Waals surface area contributed by atoms with E-state index < -0.39 is 18.1 Å². The van der Waals surface area contributed by atoms with Crippen LogP contribution >= 0.6 is 11.3 Å². The molecule has 0 saturated carbocycles. The number of aryl methyl sites for hydroxylation is 1. The Balaban J connectivity index is 2.06. The Bertz CT molecular complexity index is 672. The molecular formula is C16H18N2O4S. The van der Waals surface area contributed by atoms with Crippen molar-refractivity contribution in [2.45, 2.75) is 33.0 Å². The first-order valence-corrected chi connectivity index (χ1v) is 7.96. The average molecular weight is 334 g/mol. The van der Waals surface area contributed by atoms with Crippen LogP contribution < -0.4 is 0 Å². The van der Waals surface area contributed by atoms with Crippen LogP contribution in [0, 0.1) is 6.92 Å². The highest BCUT2D eigenvalue weighted by molar-refractivity contribution is 7.09. The van der Waals surface area contributed by atoms with Crippen LogP contribution in [0.15, 0.2) is 35.7 Å². The van der Waals surface area contributed by atoms with E-state index >= 15 is 0 Å². The molecule has 1 atom stereocenters. The van der Waals surface area contributed by atoms with E-state index in [-0.39, 0.29) is 13.2 Å². The van der Waals surface area contributed by atoms with E-state index in [1.54, 1.807) is 5.38 Å². The molecule has 23 heavy (non-hydrogen) atoms. The van der Waals surface area contributed by atoms with Crippen molar-refractivity contribution in [3.05, 3.63) is 52.0 Å². The van der Waals surface area contributed by atoms with E-state index in [1.165, 1.54) is 23.2 Å². The van der Waals surface area contributed by atoms with Gasteiger partial charge in [0, 0.05) is 5.38 Å². The van der Waals surface area contributed by atoms with Gasteiger partial charge < -0.3 is 9.84 Å². The van der Waals surface area contributed by atoms with E-state index in [4.69, 9.17) is 4.74 Å². The maximum Gasteiger partial charge on any atom is 0.411 e. The summed E-state index contributed by atoms with van der Waals surface area (Å²) >= 11 is 1.45. The molecule has 1 N–H and O–H groups in total. The van der Waals surface area contributed by atoms with Gasteiger partial charge in [0.25, 0.3) is 0 Å². The first-order chi connectivity index (χ1) is 11.0. The third-order valence-electron chi connectivity index (χ3n) is 3.26. The Morgan fingerprint density at radius 2 is 2.04 bits per heavy atom. The van der Waals surface area contributed by atoms with Crippen LogP contribution in [-0.2, 0) is 22.7 Å². The quantitative estimate of drug-likeness (QED) is 0.878. The van der Waals surface area contributed by atoms with Gasteiger partial charge in [-0.2, -0.15) is 0 Å². The van der Waals surface area contributed by atoms with Crippen LogP contribution in [0.2, 0.25) is 0 Å². The summed E-state index contributed by atoms with van der Waals surface area (Å²) in [5.41, 5.74) is 1.49. The predicted octanol–water partition coefficient (Wildman–Crippen LogP) is 3.06. The minimum atomic E-state index is -1.09. The number of carboxylic acids is 1. The number of thiazole rings is 1. The van der Waals surface area contributed by atoms with Crippen LogP contribution in [-0.4, -0.2) is 33.1 Å². The number of hydrogen-bond donors (Lipinski definition) is 1. The molecule has 6 nitrogen and oxygen atoms in total. The number of carbonyl (C=O) groups excluding carboxylic acids is 1. The Labute approximate surface area is 138 Å². The van der Waals surface area contributed by atoms with E-state index in [9.17, 15) is 14.7 Å². The Hall–Kier alpha value is -2.41. The number of benzene rings is 1. The minimum absolute atomic E-state index is 0.0958. The third kappa shape index (κ3) is 4.79. The van der Waals surface area contributed by atoms with Gasteiger partial charge in [-0.05, 0) is 19.4 Å². The third-order valence-corrected chi connectivity index (χ3v) is 4.09. The smallest absolute Gasteiger partial charge is 0.411 e. The number of carboxylic acid groups (broad SMARTS) is 1. The standard InChI is InChI=1S/C16H18N2O4S/c1-11(15(19)20)18(8-14-10-23-12(2)17-14)16(21)22-9-13-6-4-3-5-7-13/h3-7,10-11H,8-9H2,1-2H3,(H,19,20). The second-order valence-corrected chi connectivity index (χ2v) is 6.10. The zero-order valence-corrected chi connectivity index (χ0v) is 13.7. The lowest BCUT2D eigenvalue weighted by atomic mass is 10.2. The topological polar surface area (TPSA) is 79.7 Å². The van der Waals surface area contributed by atoms with Crippen molar-refractivity contribution in [2.75, 3.05) is 0 Å². The largest absolute Gasteiger partial charge is 0.480 e. The number of amides is 1. The van der Waals surface area contributed by atoms with Crippen molar-refractivity contribution in [3.8, 4) is 0 Å². The second-order valence-electron chi connectivity index (χ2n) is 5.04. The van der Waals surface area contributed by atoms with Crippen molar-refractivity contribution in [3.63, 3.8) is 0 Å². The number of rotatable bonds is 6. The normalized spacial score (nSPS) is 11.7. The van der Waals surface area contributed by atoms with E-state index in [2.05, 4.69) is 4.98 Å². The van der Waals surface area contributed by atoms with E-state index in [0.717, 1.165) is 10.6 Å². The van der Waals surface area contributed by atoms with Crippen molar-refractivity contribution in [1.82, 2.24) is 9.88 Å². The van der Waals surface area contributed by atoms with Gasteiger partial charge in [-0.1, -0.05) is 30.3 Å². The first-order valence-electron chi connectivity index (χ1n) is 7.08. The van der Waals surface area contributed by atoms with Gasteiger partial charge in [-0.3, -0.25) is 4.90 Å². The summed E-state index contributed by atoms with van der Waals surface area (Å²) in [5, 5.41) is 11.9. The molecule has 1 amide bonds. The molecule has 0 aliphatic rings. The maximum absolute atomic E-state index is 12.3. The molecule has 0 bridgehead atoms. The number of ether oxygens (including phenoxy) is 1. The zero-order valence-electron chi connectivity index (χ0n) is 12.9. The van der Waals surface area contributed by atoms with Crippen LogP contribution in [0.25, 0.3) is 0 Å². The molecule has 0 radical (unpaired) electrons. The second kappa shape index (κ2) is 7.73. The molecule has 0 spiro atoms. The number of hydrogen-bond acceptors (Lipinski definition) is 5. The van der Waals surface area contributed by atoms with Crippen molar-refractivity contribution in [2.24, 2.45) is 0 Å². The van der Waals surface area contributed by atoms with Crippen molar-refractivity contribution in [1.29, 1.82) is 0 Å². The summed E-state index contributed by atoms with van der Waals surface area (Å²) in [6.07, 6.45) is -0.672. The summed E-state index contributed by atoms with van der Waals surface area (Å²) in [6, 6.07) is 8.23. The highest BCUT2D eigenvalue weighted by Crippen LogP contribution is 2.14. The van der Waals surface area contributed by atoms with Crippen LogP contribution in [0.3, 0.4) is 0 Å². The van der Waals surface area contributed by atoms with Crippen LogP contribution in [0.1, 0.15) is 23.2 Å². The SMILES string of the molecule is Cc1nc(CN(C(=O)OCc2ccccc2)C(C)C(=O)O)cs1. The molecular weight excluding hydrogens is 316 g/mol. The van der Waals surface area contributed by atoms with Gasteiger partial charge >= 0.3 is 12.1 Å². The molecule has 2 rings (SSSR count). The fourth-order valence-electron chi connectivity index (χ4n) is 1.95. The number of carbonyl (C=O) groups is 2. The lowest BCUT2D eigenvalue weighted by molar-refractivity contribution is -0.142. The van der Waals surface area contributed by atoms with Crippen molar-refractivity contribution >= 4 is 23.4 Å². The van der Waals surface area contributed by atoms with Gasteiger partial charge in [0.1, 0.15) is 12.6 Å². The Morgan fingerprint density at radius 3 is 2.61 bits per heavy atom. The molecule has 2 aromatic rings. The minimum Gasteiger partial charge on any atom is -0.480 e. The van der Waals surface area contributed by atoms with Crippen LogP contribution in [0.4, 0.5) is 4.79 Å². The molecule has 0 aliphatic carbocycles. The molecule has 1 aromatic carbocycles. The molecule has 1 heterocycles. The fourth-order valence-corrected chi connectivity index (χ4v) is 2.55. The molecule has 1 aromatic heterocycles. The lowest BCUT2D eigenvalue weighted by Crippen LogP contribution is -2.43. The fraction of sp³-hybridized carbons (Fsp3) is 0.312. The molecule has 0 saturated heterocycles. The monoisotopic (exact) mass is 334 g/mol. The van der Waals surface area contributed by atoms with E-state index in [0.29, 0.717) is 5.69 Å². The zero-order chi connectivity index (χ0) is 16.8. The summed E-state index contributed by atoms with van der Waals surface area (Å²) in [5.74, 6) is -1.09.